The van der Waals surface area contributed by atoms with Gasteiger partial charge in [-0.05, 0) is 57.8 Å². The van der Waals surface area contributed by atoms with Crippen LogP contribution >= 0.6 is 0 Å². The lowest BCUT2D eigenvalue weighted by molar-refractivity contribution is -0.298. The van der Waals surface area contributed by atoms with Crippen LogP contribution < -0.4 is 5.32 Å². The first-order chi connectivity index (χ1) is 27.9. The van der Waals surface area contributed by atoms with Gasteiger partial charge in [-0.25, -0.2) is 4.18 Å². The highest BCUT2D eigenvalue weighted by Crippen LogP contribution is 2.26. The van der Waals surface area contributed by atoms with Crippen LogP contribution in [0.2, 0.25) is 0 Å². The van der Waals surface area contributed by atoms with E-state index in [-0.39, 0.29) is 6.42 Å². The van der Waals surface area contributed by atoms with Crippen molar-refractivity contribution in [3.8, 4) is 0 Å². The van der Waals surface area contributed by atoms with Crippen LogP contribution in [0.1, 0.15) is 174 Å². The molecule has 0 aromatic carbocycles. The molecule has 14 heteroatoms. The molecule has 1 saturated heterocycles. The first-order valence-electron chi connectivity index (χ1n) is 22.5. The van der Waals surface area contributed by atoms with Gasteiger partial charge in [-0.3, -0.25) is 9.35 Å². The van der Waals surface area contributed by atoms with Crippen molar-refractivity contribution < 1.29 is 57.0 Å². The summed E-state index contributed by atoms with van der Waals surface area (Å²) < 4.78 is 47.4. The summed E-state index contributed by atoms with van der Waals surface area (Å²) in [6, 6.07) is -1.14. The van der Waals surface area contributed by atoms with Crippen LogP contribution in [0.4, 0.5) is 0 Å². The fourth-order valence-corrected chi connectivity index (χ4v) is 7.39. The average Bonchev–Trinajstić information content (AvgIpc) is 3.19. The van der Waals surface area contributed by atoms with E-state index in [2.05, 4.69) is 47.7 Å². The van der Waals surface area contributed by atoms with E-state index < -0.39 is 78.5 Å². The van der Waals surface area contributed by atoms with Crippen LogP contribution in [0.5, 0.6) is 0 Å². The maximum atomic E-state index is 13.1. The normalized spacial score (nSPS) is 22.0. The Morgan fingerprint density at radius 2 is 1.16 bits per heavy atom. The van der Waals surface area contributed by atoms with Crippen LogP contribution in [0, 0.1) is 0 Å². The number of aliphatic hydroxyl groups is 5. The summed E-state index contributed by atoms with van der Waals surface area (Å²) in [5, 5.41) is 55.0. The molecule has 0 spiro atoms. The first-order valence-corrected chi connectivity index (χ1v) is 23.8. The van der Waals surface area contributed by atoms with E-state index in [1.807, 2.05) is 0 Å². The Morgan fingerprint density at radius 3 is 1.66 bits per heavy atom. The Balaban J connectivity index is 2.59. The van der Waals surface area contributed by atoms with Gasteiger partial charge in [-0.1, -0.05) is 153 Å². The fraction of sp³-hybridized carbons (Fsp3) is 0.841. The molecule has 8 unspecified atom stereocenters. The summed E-state index contributed by atoms with van der Waals surface area (Å²) in [7, 11) is -5.12. The van der Waals surface area contributed by atoms with E-state index in [1.165, 1.54) is 83.1 Å². The quantitative estimate of drug-likeness (QED) is 0.0187. The highest BCUT2D eigenvalue weighted by molar-refractivity contribution is 7.80. The Morgan fingerprint density at radius 1 is 0.690 bits per heavy atom. The van der Waals surface area contributed by atoms with Gasteiger partial charge in [0.2, 0.25) is 5.91 Å². The lowest BCUT2D eigenvalue weighted by Crippen LogP contribution is -2.61. The number of hydrogen-bond acceptors (Lipinski definition) is 11. The minimum absolute atomic E-state index is 0.229. The van der Waals surface area contributed by atoms with E-state index in [1.54, 1.807) is 6.08 Å². The lowest BCUT2D eigenvalue weighted by Gasteiger charge is -2.41. The Labute approximate surface area is 350 Å². The molecule has 1 heterocycles. The van der Waals surface area contributed by atoms with Crippen molar-refractivity contribution in [3.63, 3.8) is 0 Å². The van der Waals surface area contributed by atoms with Gasteiger partial charge in [-0.15, -0.1) is 0 Å². The van der Waals surface area contributed by atoms with Crippen LogP contribution in [0.15, 0.2) is 36.5 Å². The van der Waals surface area contributed by atoms with Crippen molar-refractivity contribution in [3.05, 3.63) is 36.5 Å². The second-order valence-electron chi connectivity index (χ2n) is 15.8. The molecule has 0 radical (unpaired) electrons. The molecule has 0 aliphatic carbocycles. The maximum Gasteiger partial charge on any atom is 0.397 e. The molecular weight excluding hydrogens is 767 g/mol. The number of amides is 1. The number of unbranched alkanes of at least 4 members (excludes halogenated alkanes) is 20. The molecule has 7 N–H and O–H groups in total. The fourth-order valence-electron chi connectivity index (χ4n) is 6.88. The van der Waals surface area contributed by atoms with E-state index in [4.69, 9.17) is 14.0 Å². The zero-order valence-electron chi connectivity index (χ0n) is 35.7. The van der Waals surface area contributed by atoms with E-state index in [0.29, 0.717) is 12.8 Å². The third kappa shape index (κ3) is 27.2. The molecule has 0 aromatic rings. The predicted octanol–water partition coefficient (Wildman–Crippen LogP) is 7.30. The molecule has 0 aromatic heterocycles. The standard InChI is InChI=1S/C44H81NO12S/c1-3-5-7-9-11-13-15-16-17-18-19-20-21-23-25-27-29-31-33-38(48)43(51)45-36(37(47)32-30-28-26-24-22-14-12-10-8-6-4-2)35-55-44-41(50)42(57-58(52,53)54)40(49)39(34-46)56-44/h18-19,22,24,30,32,36-42,44,46-50H,3-17,20-21,23,25-29,31,33-35H2,1-2H3,(H,45,51)(H,52,53,54)/b19-18-,24-22+,32-30+. The molecule has 340 valence electrons. The largest absolute Gasteiger partial charge is 0.397 e. The number of rotatable bonds is 37. The Hall–Kier alpha value is -1.72. The average molecular weight is 848 g/mol. The number of aliphatic hydroxyl groups excluding tert-OH is 5. The van der Waals surface area contributed by atoms with Gasteiger partial charge in [0, 0.05) is 0 Å². The van der Waals surface area contributed by atoms with E-state index >= 15 is 0 Å². The van der Waals surface area contributed by atoms with Crippen molar-refractivity contribution in [2.45, 2.75) is 223 Å². The summed E-state index contributed by atoms with van der Waals surface area (Å²) in [6.07, 6.45) is 28.1. The van der Waals surface area contributed by atoms with Crippen molar-refractivity contribution in [2.75, 3.05) is 13.2 Å². The number of carbonyl (C=O) groups is 1. The molecular formula is C44H81NO12S. The second-order valence-corrected chi connectivity index (χ2v) is 16.8. The highest BCUT2D eigenvalue weighted by Gasteiger charge is 2.48. The molecule has 1 aliphatic heterocycles. The summed E-state index contributed by atoms with van der Waals surface area (Å²) in [5.74, 6) is -0.719. The summed E-state index contributed by atoms with van der Waals surface area (Å²) in [4.78, 5) is 13.1. The van der Waals surface area contributed by atoms with E-state index in [9.17, 15) is 38.7 Å². The summed E-state index contributed by atoms with van der Waals surface area (Å²) in [6.45, 7) is 3.15. The molecule has 8 atom stereocenters. The number of nitrogens with one attached hydrogen (secondary N) is 1. The second kappa shape index (κ2) is 34.9. The van der Waals surface area contributed by atoms with Crippen molar-refractivity contribution >= 4 is 16.3 Å². The van der Waals surface area contributed by atoms with Crippen molar-refractivity contribution in [1.29, 1.82) is 0 Å². The van der Waals surface area contributed by atoms with E-state index in [0.717, 1.165) is 64.2 Å². The Kier molecular flexibility index (Phi) is 32.7. The van der Waals surface area contributed by atoms with Crippen LogP contribution in [-0.4, -0.2) is 107 Å². The van der Waals surface area contributed by atoms with Gasteiger partial charge in [-0.2, -0.15) is 8.42 Å². The number of carbonyl (C=O) groups excluding carboxylic acids is 1. The molecule has 1 amide bonds. The van der Waals surface area contributed by atoms with Gasteiger partial charge >= 0.3 is 10.4 Å². The summed E-state index contributed by atoms with van der Waals surface area (Å²) >= 11 is 0. The molecule has 1 rings (SSSR count). The lowest BCUT2D eigenvalue weighted by atomic mass is 9.99. The number of allylic oxidation sites excluding steroid dienone is 5. The minimum Gasteiger partial charge on any atom is -0.394 e. The predicted molar refractivity (Wildman–Crippen MR) is 228 cm³/mol. The van der Waals surface area contributed by atoms with Gasteiger partial charge in [0.1, 0.15) is 30.5 Å². The minimum atomic E-state index is -5.12. The maximum absolute atomic E-state index is 13.1. The third-order valence-corrected chi connectivity index (χ3v) is 11.0. The van der Waals surface area contributed by atoms with Crippen molar-refractivity contribution in [2.24, 2.45) is 0 Å². The van der Waals surface area contributed by atoms with Crippen LogP contribution in [-0.2, 0) is 28.9 Å². The smallest absolute Gasteiger partial charge is 0.394 e. The highest BCUT2D eigenvalue weighted by atomic mass is 32.3. The zero-order chi connectivity index (χ0) is 42.9. The third-order valence-electron chi connectivity index (χ3n) is 10.5. The number of ether oxygens (including phenoxy) is 2. The SMILES string of the molecule is CCCCCCC/C=C/CC/C=C/C(O)C(COC1OC(CO)C(O)C(OS(=O)(=O)O)C1O)NC(=O)C(O)CCCCCCCC/C=C\CCCCCCCCCC. The molecule has 1 fully saturated rings. The van der Waals surface area contributed by atoms with Crippen molar-refractivity contribution in [1.82, 2.24) is 5.32 Å². The van der Waals surface area contributed by atoms with Crippen LogP contribution in [0.3, 0.4) is 0 Å². The number of hydrogen-bond donors (Lipinski definition) is 7. The topological polar surface area (TPSA) is 212 Å². The van der Waals surface area contributed by atoms with Gasteiger partial charge < -0.3 is 40.3 Å². The summed E-state index contributed by atoms with van der Waals surface area (Å²) in [5.41, 5.74) is 0. The van der Waals surface area contributed by atoms with Gasteiger partial charge in [0.25, 0.3) is 0 Å². The van der Waals surface area contributed by atoms with Crippen LogP contribution in [0.25, 0.3) is 0 Å². The monoisotopic (exact) mass is 848 g/mol. The van der Waals surface area contributed by atoms with Gasteiger partial charge in [0.05, 0.1) is 25.4 Å². The Bertz CT molecular complexity index is 1200. The molecule has 1 aliphatic rings. The molecule has 58 heavy (non-hydrogen) atoms. The molecule has 13 nitrogen and oxygen atoms in total. The van der Waals surface area contributed by atoms with Gasteiger partial charge in [0.15, 0.2) is 6.29 Å². The zero-order valence-corrected chi connectivity index (χ0v) is 36.5. The molecule has 0 saturated carbocycles. The first kappa shape index (κ1) is 54.3. The molecule has 0 bridgehead atoms.